The molecule has 0 unspecified atom stereocenters. The molecule has 2 heterocycles. The third kappa shape index (κ3) is 3.21. The second-order valence-electron chi connectivity index (χ2n) is 7.95. The number of halogens is 1. The number of carbonyl (C=O) groups excluding carboxylic acids is 1. The lowest BCUT2D eigenvalue weighted by molar-refractivity contribution is -0.130. The fraction of sp³-hybridized carbons (Fsp3) is 0.400. The number of amides is 1. The molecule has 2 atom stereocenters. The van der Waals surface area contributed by atoms with Gasteiger partial charge in [-0.3, -0.25) is 9.69 Å². The highest BCUT2D eigenvalue weighted by Crippen LogP contribution is 2.46. The minimum Gasteiger partial charge on any atom is -0.369 e. The number of benzene rings is 1. The molecule has 3 rings (SSSR count). The fourth-order valence-electron chi connectivity index (χ4n) is 3.34. The molecule has 6 heteroatoms. The van der Waals surface area contributed by atoms with E-state index in [1.807, 2.05) is 18.4 Å². The Labute approximate surface area is 167 Å². The Kier molecular flexibility index (Phi) is 4.78. The lowest BCUT2D eigenvalue weighted by Gasteiger charge is -2.40. The number of aliphatic imine (C=N–C) groups is 1. The Morgan fingerprint density at radius 3 is 2.38 bits per heavy atom. The highest BCUT2D eigenvalue weighted by molar-refractivity contribution is 9.10. The summed E-state index contributed by atoms with van der Waals surface area (Å²) in [5.74, 6) is -0.197. The fourth-order valence-corrected chi connectivity index (χ4v) is 4.91. The summed E-state index contributed by atoms with van der Waals surface area (Å²) in [7, 11) is 1.68. The molecule has 0 aliphatic carbocycles. The summed E-state index contributed by atoms with van der Waals surface area (Å²) in [5, 5.41) is 2.01. The average molecular weight is 434 g/mol. The monoisotopic (exact) mass is 433 g/mol. The first kappa shape index (κ1) is 19.1. The normalized spacial score (nSPS) is 23.9. The van der Waals surface area contributed by atoms with Crippen molar-refractivity contribution in [2.75, 3.05) is 7.05 Å². The number of thiophene rings is 1. The maximum atomic E-state index is 13.2. The van der Waals surface area contributed by atoms with E-state index in [1.165, 1.54) is 10.5 Å². The third-order valence-corrected chi connectivity index (χ3v) is 6.92. The number of rotatable bonds is 2. The van der Waals surface area contributed by atoms with Gasteiger partial charge in [0.05, 0.1) is 5.92 Å². The summed E-state index contributed by atoms with van der Waals surface area (Å²) < 4.78 is 0.987. The van der Waals surface area contributed by atoms with Crippen molar-refractivity contribution in [3.63, 3.8) is 0 Å². The summed E-state index contributed by atoms with van der Waals surface area (Å²) >= 11 is 5.09. The molecular formula is C20H24BrN3OS. The minimum absolute atomic E-state index is 0.0342. The van der Waals surface area contributed by atoms with Gasteiger partial charge in [0.25, 0.3) is 0 Å². The molecule has 1 aromatic heterocycles. The molecule has 4 nitrogen and oxygen atoms in total. The van der Waals surface area contributed by atoms with E-state index in [1.54, 1.807) is 18.4 Å². The third-order valence-electron chi connectivity index (χ3n) is 5.01. The Morgan fingerprint density at radius 1 is 1.27 bits per heavy atom. The Bertz CT molecular complexity index is 866. The van der Waals surface area contributed by atoms with Crippen LogP contribution >= 0.6 is 27.3 Å². The zero-order valence-electron chi connectivity index (χ0n) is 15.7. The van der Waals surface area contributed by atoms with Gasteiger partial charge in [-0.05, 0) is 45.5 Å². The molecule has 0 saturated heterocycles. The SMILES string of the molecule is CN1C(=O)[C@@H](c2ccc(C(C)(C)C)cc2)[C@@](C)(c2cc(Br)cs2)N=C1N. The van der Waals surface area contributed by atoms with Gasteiger partial charge in [0.1, 0.15) is 5.54 Å². The van der Waals surface area contributed by atoms with Crippen molar-refractivity contribution >= 4 is 39.1 Å². The van der Waals surface area contributed by atoms with Crippen LogP contribution < -0.4 is 5.73 Å². The van der Waals surface area contributed by atoms with Crippen LogP contribution in [0.3, 0.4) is 0 Å². The van der Waals surface area contributed by atoms with Gasteiger partial charge in [-0.15, -0.1) is 11.3 Å². The smallest absolute Gasteiger partial charge is 0.239 e. The Morgan fingerprint density at radius 2 is 1.88 bits per heavy atom. The highest BCUT2D eigenvalue weighted by atomic mass is 79.9. The summed E-state index contributed by atoms with van der Waals surface area (Å²) in [4.78, 5) is 20.4. The molecule has 2 aromatic rings. The van der Waals surface area contributed by atoms with Gasteiger partial charge in [-0.1, -0.05) is 45.0 Å². The standard InChI is InChI=1S/C20H24BrN3OS/c1-19(2,3)13-8-6-12(7-9-13)16-17(25)24(5)18(22)23-20(16,4)15-10-14(21)11-26-15/h6-11,16H,1-5H3,(H2,22,23)/t16-,20-/m1/s1. The van der Waals surface area contributed by atoms with Crippen LogP contribution in [-0.2, 0) is 15.7 Å². The summed E-state index contributed by atoms with van der Waals surface area (Å²) in [6, 6.07) is 10.3. The van der Waals surface area contributed by atoms with Crippen LogP contribution in [0.5, 0.6) is 0 Å². The van der Waals surface area contributed by atoms with Crippen LogP contribution in [0.25, 0.3) is 0 Å². The van der Waals surface area contributed by atoms with Crippen LogP contribution in [0.15, 0.2) is 45.2 Å². The quantitative estimate of drug-likeness (QED) is 0.752. The Hall–Kier alpha value is -1.66. The van der Waals surface area contributed by atoms with E-state index in [-0.39, 0.29) is 17.3 Å². The van der Waals surface area contributed by atoms with Crippen molar-refractivity contribution in [2.24, 2.45) is 10.7 Å². The van der Waals surface area contributed by atoms with Gasteiger partial charge in [-0.2, -0.15) is 0 Å². The van der Waals surface area contributed by atoms with Gasteiger partial charge in [0.2, 0.25) is 5.91 Å². The molecule has 138 valence electrons. The first-order valence-electron chi connectivity index (χ1n) is 8.52. The van der Waals surface area contributed by atoms with Crippen molar-refractivity contribution in [3.05, 3.63) is 56.2 Å². The van der Waals surface area contributed by atoms with E-state index in [0.29, 0.717) is 0 Å². The average Bonchev–Trinajstić information content (AvgIpc) is 3.00. The van der Waals surface area contributed by atoms with Crippen molar-refractivity contribution in [3.8, 4) is 0 Å². The summed E-state index contributed by atoms with van der Waals surface area (Å²) in [6.07, 6.45) is 0. The van der Waals surface area contributed by atoms with Crippen molar-refractivity contribution in [2.45, 2.75) is 44.6 Å². The van der Waals surface area contributed by atoms with Gasteiger partial charge in [0, 0.05) is 21.8 Å². The number of hydrogen-bond acceptors (Lipinski definition) is 4. The van der Waals surface area contributed by atoms with E-state index in [9.17, 15) is 4.79 Å². The maximum absolute atomic E-state index is 13.2. The number of carbonyl (C=O) groups is 1. The molecule has 1 aliphatic heterocycles. The largest absolute Gasteiger partial charge is 0.369 e. The van der Waals surface area contributed by atoms with Crippen LogP contribution in [0, 0.1) is 0 Å². The Balaban J connectivity index is 2.14. The molecule has 1 amide bonds. The minimum atomic E-state index is -0.729. The van der Waals surface area contributed by atoms with Gasteiger partial charge < -0.3 is 5.73 Å². The maximum Gasteiger partial charge on any atom is 0.239 e. The second kappa shape index (κ2) is 6.50. The van der Waals surface area contributed by atoms with Crippen LogP contribution in [-0.4, -0.2) is 23.8 Å². The van der Waals surface area contributed by atoms with Gasteiger partial charge in [-0.25, -0.2) is 4.99 Å². The van der Waals surface area contributed by atoms with E-state index < -0.39 is 11.5 Å². The summed E-state index contributed by atoms with van der Waals surface area (Å²) in [6.45, 7) is 8.53. The van der Waals surface area contributed by atoms with Crippen LogP contribution in [0.1, 0.15) is 49.6 Å². The zero-order chi connectivity index (χ0) is 19.3. The van der Waals surface area contributed by atoms with Crippen molar-refractivity contribution in [1.82, 2.24) is 4.90 Å². The number of guanidine groups is 1. The lowest BCUT2D eigenvalue weighted by Crippen LogP contribution is -2.52. The van der Waals surface area contributed by atoms with E-state index >= 15 is 0 Å². The van der Waals surface area contributed by atoms with E-state index in [4.69, 9.17) is 10.7 Å². The number of likely N-dealkylation sites (N-methyl/N-ethyl adjacent to an activating group) is 1. The highest BCUT2D eigenvalue weighted by Gasteiger charge is 2.48. The second-order valence-corrected chi connectivity index (χ2v) is 9.78. The van der Waals surface area contributed by atoms with Gasteiger partial charge in [0.15, 0.2) is 5.96 Å². The molecule has 0 fully saturated rings. The predicted octanol–water partition coefficient (Wildman–Crippen LogP) is 4.59. The van der Waals surface area contributed by atoms with Crippen molar-refractivity contribution < 1.29 is 4.79 Å². The summed E-state index contributed by atoms with van der Waals surface area (Å²) in [5.41, 5.74) is 7.59. The van der Waals surface area contributed by atoms with Crippen LogP contribution in [0.2, 0.25) is 0 Å². The van der Waals surface area contributed by atoms with E-state index in [0.717, 1.165) is 14.9 Å². The molecule has 0 spiro atoms. The molecule has 1 aliphatic rings. The van der Waals surface area contributed by atoms with E-state index in [2.05, 4.69) is 61.0 Å². The molecule has 0 bridgehead atoms. The molecule has 26 heavy (non-hydrogen) atoms. The zero-order valence-corrected chi connectivity index (χ0v) is 18.1. The van der Waals surface area contributed by atoms with Crippen molar-refractivity contribution in [1.29, 1.82) is 0 Å². The van der Waals surface area contributed by atoms with Crippen LogP contribution in [0.4, 0.5) is 0 Å². The topological polar surface area (TPSA) is 58.7 Å². The molecule has 1 aromatic carbocycles. The molecule has 2 N–H and O–H groups in total. The number of nitrogens with two attached hydrogens (primary N) is 1. The first-order chi connectivity index (χ1) is 12.0. The number of hydrogen-bond donors (Lipinski definition) is 1. The molecule has 0 radical (unpaired) electrons. The van der Waals surface area contributed by atoms with Gasteiger partial charge >= 0.3 is 0 Å². The number of nitrogens with zero attached hydrogens (tertiary/aromatic N) is 2. The molecular weight excluding hydrogens is 410 g/mol. The predicted molar refractivity (Wildman–Crippen MR) is 112 cm³/mol. The lowest BCUT2D eigenvalue weighted by atomic mass is 9.76. The molecule has 0 saturated carbocycles. The first-order valence-corrected chi connectivity index (χ1v) is 10.2.